The third-order valence-electron chi connectivity index (χ3n) is 11.2. The van der Waals surface area contributed by atoms with Crippen molar-refractivity contribution in [2.24, 2.45) is 17.8 Å². The summed E-state index contributed by atoms with van der Waals surface area (Å²) in [6.07, 6.45) is 0.636. The summed E-state index contributed by atoms with van der Waals surface area (Å²) < 4.78 is 79.5. The van der Waals surface area contributed by atoms with Crippen LogP contribution in [0, 0.1) is 46.8 Å². The molecule has 2 saturated heterocycles. The third kappa shape index (κ3) is 5.27. The van der Waals surface area contributed by atoms with Crippen molar-refractivity contribution in [1.82, 2.24) is 0 Å². The van der Waals surface area contributed by atoms with Crippen LogP contribution in [0.4, 0.5) is 33.3 Å². The highest BCUT2D eigenvalue weighted by molar-refractivity contribution is 9.10. The average Bonchev–Trinajstić information content (AvgIpc) is 3.55. The van der Waals surface area contributed by atoms with E-state index in [1.165, 1.54) is 49.6 Å². The number of hydrogen-bond acceptors (Lipinski definition) is 7. The van der Waals surface area contributed by atoms with Crippen LogP contribution in [-0.4, -0.2) is 51.4 Å². The number of methoxy groups -OCH3 is 1. The number of ketones is 1. The maximum atomic E-state index is 15.4. The number of halogens is 8. The number of allylic oxidation sites excluding steroid dienone is 2. The number of nitrogens with zero attached hydrogens (tertiary/aromatic N) is 2. The van der Waals surface area contributed by atoms with Crippen LogP contribution in [0.1, 0.15) is 40.2 Å². The Morgan fingerprint density at radius 2 is 1.40 bits per heavy atom. The van der Waals surface area contributed by atoms with Crippen molar-refractivity contribution in [2.75, 3.05) is 16.9 Å². The number of benzene rings is 4. The van der Waals surface area contributed by atoms with E-state index in [-0.39, 0.29) is 49.7 Å². The second-order valence-corrected chi connectivity index (χ2v) is 16.1. The summed E-state index contributed by atoms with van der Waals surface area (Å²) in [5.41, 5.74) is -1.21. The molecule has 2 aliphatic carbocycles. The molecule has 57 heavy (non-hydrogen) atoms. The van der Waals surface area contributed by atoms with Gasteiger partial charge in [0.2, 0.25) is 17.6 Å². The molecule has 8 rings (SSSR count). The van der Waals surface area contributed by atoms with Crippen LogP contribution in [-0.2, 0) is 19.2 Å². The van der Waals surface area contributed by atoms with E-state index in [0.717, 1.165) is 4.90 Å². The number of anilines is 2. The third-order valence-corrected chi connectivity index (χ3v) is 13.1. The number of phenols is 1. The van der Waals surface area contributed by atoms with Crippen LogP contribution in [0.2, 0.25) is 0 Å². The van der Waals surface area contributed by atoms with Crippen molar-refractivity contribution in [3.05, 3.63) is 129 Å². The van der Waals surface area contributed by atoms with E-state index in [1.807, 2.05) is 0 Å². The second kappa shape index (κ2) is 13.5. The van der Waals surface area contributed by atoms with E-state index in [4.69, 9.17) is 27.9 Å². The lowest BCUT2D eigenvalue weighted by molar-refractivity contribution is -0.125. The van der Waals surface area contributed by atoms with Crippen LogP contribution in [0.15, 0.2) is 82.9 Å². The van der Waals surface area contributed by atoms with E-state index in [0.29, 0.717) is 5.56 Å². The van der Waals surface area contributed by atoms with E-state index in [2.05, 4.69) is 15.9 Å². The van der Waals surface area contributed by atoms with Crippen molar-refractivity contribution in [1.29, 1.82) is 0 Å². The van der Waals surface area contributed by atoms with Crippen LogP contribution >= 0.6 is 39.1 Å². The number of hydrogen-bond donors (Lipinski definition) is 1. The molecule has 2 aliphatic heterocycles. The number of rotatable bonds is 6. The van der Waals surface area contributed by atoms with Crippen LogP contribution in [0.3, 0.4) is 0 Å². The second-order valence-electron chi connectivity index (χ2n) is 14.0. The largest absolute Gasteiger partial charge is 0.504 e. The van der Waals surface area contributed by atoms with Crippen LogP contribution < -0.4 is 14.5 Å². The Morgan fingerprint density at radius 1 is 0.807 bits per heavy atom. The van der Waals surface area contributed by atoms with E-state index in [1.54, 1.807) is 30.3 Å². The SMILES string of the molecule is COc1cc(Br)cc([C@H]2C3=CC[C@@H]4C(=O)N(c5ccc(C(=O)c6ccccc6)cc5)C(=O)[C@@H]4[C@@H]3C[C@@]3(Cl)C(=O)N(c4c(F)c(F)c(F)c(F)c4F)C(=O)[C@@]23Cl)c1O. The van der Waals surface area contributed by atoms with Gasteiger partial charge in [-0.15, -0.1) is 23.2 Å². The molecule has 17 heteroatoms. The van der Waals surface area contributed by atoms with Gasteiger partial charge >= 0.3 is 0 Å². The number of aromatic hydroxyl groups is 1. The molecule has 2 heterocycles. The molecule has 0 unspecified atom stereocenters. The quantitative estimate of drug-likeness (QED) is 0.0398. The number of fused-ring (bicyclic) bond motifs is 4. The Bertz CT molecular complexity index is 2500. The lowest BCUT2D eigenvalue weighted by Crippen LogP contribution is -2.60. The zero-order chi connectivity index (χ0) is 41.0. The van der Waals surface area contributed by atoms with Gasteiger partial charge in [-0.05, 0) is 55.2 Å². The minimum Gasteiger partial charge on any atom is -0.504 e. The molecule has 6 atom stereocenters. The van der Waals surface area contributed by atoms with E-state index < -0.39 is 104 Å². The average molecular weight is 890 g/mol. The van der Waals surface area contributed by atoms with Gasteiger partial charge in [0.15, 0.2) is 50.3 Å². The number of carbonyl (C=O) groups excluding carboxylic acids is 5. The van der Waals surface area contributed by atoms with Gasteiger partial charge in [0.1, 0.15) is 5.69 Å². The van der Waals surface area contributed by atoms with E-state index >= 15 is 8.78 Å². The smallest absolute Gasteiger partial charge is 0.258 e. The molecule has 1 N–H and O–H groups in total. The minimum absolute atomic E-state index is 0.115. The Hall–Kier alpha value is -5.12. The van der Waals surface area contributed by atoms with Crippen molar-refractivity contribution < 1.29 is 55.8 Å². The first-order valence-electron chi connectivity index (χ1n) is 17.1. The molecule has 4 amide bonds. The fraction of sp³-hybridized carbons (Fsp3) is 0.225. The lowest BCUT2D eigenvalue weighted by atomic mass is 9.56. The highest BCUT2D eigenvalue weighted by Gasteiger charge is 2.77. The molecule has 4 aliphatic rings. The summed E-state index contributed by atoms with van der Waals surface area (Å²) in [6, 6.07) is 16.8. The Kier molecular flexibility index (Phi) is 9.17. The van der Waals surface area contributed by atoms with Gasteiger partial charge in [0.25, 0.3) is 11.8 Å². The number of phenolic OH excluding ortho intramolecular Hbond substituents is 1. The van der Waals surface area contributed by atoms with Gasteiger partial charge in [0, 0.05) is 27.1 Å². The summed E-state index contributed by atoms with van der Waals surface area (Å²) in [5, 5.41) is 11.5. The Labute approximate surface area is 337 Å². The monoisotopic (exact) mass is 888 g/mol. The van der Waals surface area contributed by atoms with Gasteiger partial charge in [-0.1, -0.05) is 57.9 Å². The zero-order valence-corrected chi connectivity index (χ0v) is 32.1. The Morgan fingerprint density at radius 3 is 2.02 bits per heavy atom. The van der Waals surface area contributed by atoms with Gasteiger partial charge in [-0.2, -0.15) is 0 Å². The molecule has 0 aromatic heterocycles. The number of amides is 4. The molecule has 292 valence electrons. The highest BCUT2D eigenvalue weighted by atomic mass is 79.9. The van der Waals surface area contributed by atoms with Crippen molar-refractivity contribution in [3.63, 3.8) is 0 Å². The molecular weight excluding hydrogens is 866 g/mol. The fourth-order valence-electron chi connectivity index (χ4n) is 8.65. The maximum absolute atomic E-state index is 15.4. The number of ether oxygens (including phenoxy) is 1. The molecule has 9 nitrogen and oxygen atoms in total. The summed E-state index contributed by atoms with van der Waals surface area (Å²) in [6.45, 7) is 0. The first-order chi connectivity index (χ1) is 27.0. The topological polar surface area (TPSA) is 121 Å². The fourth-order valence-corrected chi connectivity index (χ4v) is 10.0. The Balaban J connectivity index is 1.26. The van der Waals surface area contributed by atoms with Gasteiger partial charge in [-0.25, -0.2) is 26.9 Å². The lowest BCUT2D eigenvalue weighted by Gasteiger charge is -2.50. The predicted octanol–water partition coefficient (Wildman–Crippen LogP) is 7.86. The highest BCUT2D eigenvalue weighted by Crippen LogP contribution is 2.67. The van der Waals surface area contributed by atoms with Gasteiger partial charge < -0.3 is 9.84 Å². The molecule has 1 saturated carbocycles. The molecule has 4 aromatic carbocycles. The molecule has 0 spiro atoms. The maximum Gasteiger partial charge on any atom is 0.258 e. The summed E-state index contributed by atoms with van der Waals surface area (Å²) >= 11 is 17.7. The van der Waals surface area contributed by atoms with Crippen LogP contribution in [0.5, 0.6) is 11.5 Å². The normalized spacial score (nSPS) is 26.6. The van der Waals surface area contributed by atoms with E-state index in [9.17, 15) is 42.3 Å². The number of alkyl halides is 2. The first kappa shape index (κ1) is 38.7. The first-order valence-corrected chi connectivity index (χ1v) is 18.7. The molecular formula is C40H24BrCl2F5N2O7. The molecule has 0 radical (unpaired) electrons. The standard InChI is InChI=1S/C40H24BrCl2F5N2O7/c1-57-24-14-18(41)13-22(34(24)52)26-20-11-12-21-25(36(54)49(35(21)53)19-9-7-17(8-10-19)33(51)16-5-3-2-4-6-16)23(20)15-39(42)37(55)50(38(56)40(26,39)43)32-30(47)28(45)27(44)29(46)31(32)48/h2-11,13-14,21,23,25-26,52H,12,15H2,1H3/t21-,23+,25-,26+,39+,40-/m0/s1. The van der Waals surface area contributed by atoms with Crippen molar-refractivity contribution >= 4 is 79.9 Å². The predicted molar refractivity (Wildman–Crippen MR) is 198 cm³/mol. The minimum atomic E-state index is -2.85. The molecule has 4 aromatic rings. The molecule has 3 fully saturated rings. The van der Waals surface area contributed by atoms with Crippen molar-refractivity contribution in [3.8, 4) is 11.5 Å². The zero-order valence-electron chi connectivity index (χ0n) is 29.0. The van der Waals surface area contributed by atoms with Crippen LogP contribution in [0.25, 0.3) is 0 Å². The van der Waals surface area contributed by atoms with Gasteiger partial charge in [0.05, 0.1) is 24.6 Å². The number of imide groups is 2. The van der Waals surface area contributed by atoms with Crippen molar-refractivity contribution in [2.45, 2.75) is 28.5 Å². The summed E-state index contributed by atoms with van der Waals surface area (Å²) in [7, 11) is 1.21. The van der Waals surface area contributed by atoms with Gasteiger partial charge in [-0.3, -0.25) is 28.9 Å². The molecule has 0 bridgehead atoms. The summed E-state index contributed by atoms with van der Waals surface area (Å²) in [4.78, 5) is 65.6. The summed E-state index contributed by atoms with van der Waals surface area (Å²) in [5.74, 6) is -23.7. The number of carbonyl (C=O) groups is 5.